The number of furan rings is 1. The maximum absolute atomic E-state index is 11.8. The van der Waals surface area contributed by atoms with E-state index in [0.29, 0.717) is 11.0 Å². The molecule has 0 bridgehead atoms. The van der Waals surface area contributed by atoms with Crippen LogP contribution in [0.5, 0.6) is 0 Å². The monoisotopic (exact) mass is 292 g/mol. The van der Waals surface area contributed by atoms with Gasteiger partial charge in [0.15, 0.2) is 5.12 Å². The molecule has 0 atom stereocenters. The summed E-state index contributed by atoms with van der Waals surface area (Å²) in [7, 11) is 0. The number of benzene rings is 1. The average molecular weight is 292 g/mol. The molecule has 0 fully saturated rings. The molecule has 0 saturated heterocycles. The summed E-state index contributed by atoms with van der Waals surface area (Å²) in [5.74, 6) is -1.31. The van der Waals surface area contributed by atoms with Crippen LogP contribution in [0.4, 0.5) is 5.69 Å². The van der Waals surface area contributed by atoms with Crippen LogP contribution in [0.15, 0.2) is 28.7 Å². The number of rotatable bonds is 4. The van der Waals surface area contributed by atoms with Gasteiger partial charge in [-0.1, -0.05) is 23.9 Å². The maximum Gasteiger partial charge on any atom is 0.286 e. The van der Waals surface area contributed by atoms with Gasteiger partial charge in [-0.3, -0.25) is 14.4 Å². The van der Waals surface area contributed by atoms with Gasteiger partial charge in [-0.15, -0.1) is 0 Å². The molecule has 3 N–H and O–H groups in total. The van der Waals surface area contributed by atoms with Crippen LogP contribution in [0, 0.1) is 0 Å². The van der Waals surface area contributed by atoms with Crippen molar-refractivity contribution >= 4 is 45.3 Å². The largest absolute Gasteiger partial charge is 0.449 e. The zero-order chi connectivity index (χ0) is 14.7. The summed E-state index contributed by atoms with van der Waals surface area (Å²) >= 11 is 0.883. The first-order valence-electron chi connectivity index (χ1n) is 5.73. The smallest absolute Gasteiger partial charge is 0.286 e. The minimum Gasteiger partial charge on any atom is -0.449 e. The number of para-hydroxylation sites is 1. The SMILES string of the molecule is CC(=O)SCC(=O)Nc1c(C(N)=O)oc2ccccc12. The fraction of sp³-hybridized carbons (Fsp3) is 0.154. The number of carbonyl (C=O) groups excluding carboxylic acids is 3. The van der Waals surface area contributed by atoms with Crippen LogP contribution in [0.3, 0.4) is 0 Å². The van der Waals surface area contributed by atoms with Crippen molar-refractivity contribution in [3.63, 3.8) is 0 Å². The molecule has 1 heterocycles. The zero-order valence-electron chi connectivity index (χ0n) is 10.6. The summed E-state index contributed by atoms with van der Waals surface area (Å²) < 4.78 is 5.32. The Morgan fingerprint density at radius 1 is 1.30 bits per heavy atom. The molecular formula is C13H12N2O4S. The van der Waals surface area contributed by atoms with E-state index < -0.39 is 11.8 Å². The molecule has 0 saturated carbocycles. The first-order chi connectivity index (χ1) is 9.49. The summed E-state index contributed by atoms with van der Waals surface area (Å²) in [6.07, 6.45) is 0. The maximum atomic E-state index is 11.8. The van der Waals surface area contributed by atoms with E-state index in [1.165, 1.54) is 6.92 Å². The molecule has 0 aliphatic heterocycles. The number of thioether (sulfide) groups is 1. The number of anilines is 1. The van der Waals surface area contributed by atoms with Crippen molar-refractivity contribution in [1.82, 2.24) is 0 Å². The van der Waals surface area contributed by atoms with E-state index in [1.54, 1.807) is 24.3 Å². The third-order valence-electron chi connectivity index (χ3n) is 2.49. The topological polar surface area (TPSA) is 102 Å². The van der Waals surface area contributed by atoms with Crippen molar-refractivity contribution in [1.29, 1.82) is 0 Å². The molecule has 104 valence electrons. The molecule has 1 aromatic carbocycles. The van der Waals surface area contributed by atoms with E-state index in [-0.39, 0.29) is 22.3 Å². The minimum atomic E-state index is -0.768. The van der Waals surface area contributed by atoms with Gasteiger partial charge in [0.1, 0.15) is 11.3 Å². The standard InChI is InChI=1S/C13H12N2O4S/c1-7(16)20-6-10(17)15-11-8-4-2-3-5-9(8)19-12(11)13(14)18/h2-5H,6H2,1H3,(H2,14,18)(H,15,17). The molecule has 6 nitrogen and oxygen atoms in total. The lowest BCUT2D eigenvalue weighted by atomic mass is 10.2. The first kappa shape index (κ1) is 14.1. The van der Waals surface area contributed by atoms with E-state index in [9.17, 15) is 14.4 Å². The van der Waals surface area contributed by atoms with Crippen LogP contribution < -0.4 is 11.1 Å². The number of nitrogens with two attached hydrogens (primary N) is 1. The van der Waals surface area contributed by atoms with Gasteiger partial charge in [0, 0.05) is 12.3 Å². The van der Waals surface area contributed by atoms with Crippen LogP contribution >= 0.6 is 11.8 Å². The Hall–Kier alpha value is -2.28. The molecule has 7 heteroatoms. The molecule has 0 aliphatic rings. The van der Waals surface area contributed by atoms with Gasteiger partial charge in [-0.2, -0.15) is 0 Å². The number of carbonyl (C=O) groups is 3. The lowest BCUT2D eigenvalue weighted by Crippen LogP contribution is -2.18. The summed E-state index contributed by atoms with van der Waals surface area (Å²) in [5.41, 5.74) is 5.93. The predicted molar refractivity (Wildman–Crippen MR) is 76.5 cm³/mol. The fourth-order valence-corrected chi connectivity index (χ4v) is 2.09. The van der Waals surface area contributed by atoms with E-state index in [0.717, 1.165) is 11.8 Å². The number of amides is 2. The molecule has 0 radical (unpaired) electrons. The van der Waals surface area contributed by atoms with E-state index in [4.69, 9.17) is 10.2 Å². The Morgan fingerprint density at radius 3 is 2.65 bits per heavy atom. The quantitative estimate of drug-likeness (QED) is 0.893. The Kier molecular flexibility index (Phi) is 4.09. The Morgan fingerprint density at radius 2 is 2.00 bits per heavy atom. The minimum absolute atomic E-state index is 0.0347. The molecule has 2 rings (SSSR count). The van der Waals surface area contributed by atoms with E-state index in [2.05, 4.69) is 5.32 Å². The second kappa shape index (κ2) is 5.79. The Bertz CT molecular complexity index is 693. The molecular weight excluding hydrogens is 280 g/mol. The van der Waals surface area contributed by atoms with Gasteiger partial charge in [-0.05, 0) is 12.1 Å². The van der Waals surface area contributed by atoms with Crippen LogP contribution in [-0.4, -0.2) is 22.7 Å². The third kappa shape index (κ3) is 3.00. The van der Waals surface area contributed by atoms with Crippen LogP contribution in [0.2, 0.25) is 0 Å². The number of fused-ring (bicyclic) bond motifs is 1. The van der Waals surface area contributed by atoms with Gasteiger partial charge < -0.3 is 15.5 Å². The lowest BCUT2D eigenvalue weighted by molar-refractivity contribution is -0.114. The number of hydrogen-bond donors (Lipinski definition) is 2. The number of nitrogens with one attached hydrogen (secondary N) is 1. The van der Waals surface area contributed by atoms with Crippen LogP contribution in [0.25, 0.3) is 11.0 Å². The van der Waals surface area contributed by atoms with Crippen molar-refractivity contribution in [2.24, 2.45) is 5.73 Å². The summed E-state index contributed by atoms with van der Waals surface area (Å²) in [6.45, 7) is 1.38. The number of hydrogen-bond acceptors (Lipinski definition) is 5. The van der Waals surface area contributed by atoms with Gasteiger partial charge in [0.25, 0.3) is 5.91 Å². The highest BCUT2D eigenvalue weighted by Gasteiger charge is 2.20. The zero-order valence-corrected chi connectivity index (χ0v) is 11.5. The van der Waals surface area contributed by atoms with Gasteiger partial charge in [-0.25, -0.2) is 0 Å². The molecule has 1 aromatic heterocycles. The second-order valence-corrected chi connectivity index (χ2v) is 5.15. The van der Waals surface area contributed by atoms with E-state index in [1.807, 2.05) is 0 Å². The first-order valence-corrected chi connectivity index (χ1v) is 6.72. The summed E-state index contributed by atoms with van der Waals surface area (Å²) in [4.78, 5) is 33.9. The average Bonchev–Trinajstić information content (AvgIpc) is 2.76. The molecule has 0 unspecified atom stereocenters. The van der Waals surface area contributed by atoms with Crippen LogP contribution in [-0.2, 0) is 9.59 Å². The highest BCUT2D eigenvalue weighted by Crippen LogP contribution is 2.30. The number of primary amides is 1. The summed E-state index contributed by atoms with van der Waals surface area (Å²) in [5, 5.41) is 2.99. The fourth-order valence-electron chi connectivity index (χ4n) is 1.69. The van der Waals surface area contributed by atoms with Gasteiger partial charge in [0.05, 0.1) is 5.75 Å². The molecule has 0 spiro atoms. The van der Waals surface area contributed by atoms with Crippen LogP contribution in [0.1, 0.15) is 17.5 Å². The molecule has 0 aliphatic carbocycles. The normalized spacial score (nSPS) is 10.4. The third-order valence-corrected chi connectivity index (χ3v) is 3.30. The van der Waals surface area contributed by atoms with Crippen molar-refractivity contribution in [3.8, 4) is 0 Å². The highest BCUT2D eigenvalue weighted by atomic mass is 32.2. The van der Waals surface area contributed by atoms with Crippen molar-refractivity contribution in [2.45, 2.75) is 6.92 Å². The lowest BCUT2D eigenvalue weighted by Gasteiger charge is -2.03. The Balaban J connectivity index is 2.32. The Labute approximate surface area is 118 Å². The predicted octanol–water partition coefficient (Wildman–Crippen LogP) is 1.75. The van der Waals surface area contributed by atoms with Crippen molar-refractivity contribution in [3.05, 3.63) is 30.0 Å². The second-order valence-electron chi connectivity index (χ2n) is 4.00. The van der Waals surface area contributed by atoms with E-state index >= 15 is 0 Å². The summed E-state index contributed by atoms with van der Waals surface area (Å²) in [6, 6.07) is 6.87. The van der Waals surface area contributed by atoms with Gasteiger partial charge in [0.2, 0.25) is 11.7 Å². The van der Waals surface area contributed by atoms with Crippen molar-refractivity contribution < 1.29 is 18.8 Å². The molecule has 2 aromatic rings. The molecule has 2 amide bonds. The van der Waals surface area contributed by atoms with Gasteiger partial charge >= 0.3 is 0 Å². The van der Waals surface area contributed by atoms with Crippen molar-refractivity contribution in [2.75, 3.05) is 11.1 Å². The highest BCUT2D eigenvalue weighted by molar-refractivity contribution is 8.14. The molecule has 20 heavy (non-hydrogen) atoms.